The van der Waals surface area contributed by atoms with Crippen LogP contribution >= 0.6 is 0 Å². The monoisotopic (exact) mass is 341 g/mol. The smallest absolute Gasteiger partial charge is 0.216 e. The van der Waals surface area contributed by atoms with E-state index >= 15 is 0 Å². The Balaban J connectivity index is 2.20. The van der Waals surface area contributed by atoms with Crippen molar-refractivity contribution >= 4 is 21.4 Å². The number of nitrogens with one attached hydrogen (secondary N) is 2. The van der Waals surface area contributed by atoms with E-state index in [9.17, 15) is 8.42 Å². The van der Waals surface area contributed by atoms with Crippen molar-refractivity contribution in [2.24, 2.45) is 0 Å². The van der Waals surface area contributed by atoms with Crippen molar-refractivity contribution in [2.75, 3.05) is 37.4 Å². The number of benzene rings is 1. The van der Waals surface area contributed by atoms with Gasteiger partial charge in [0.2, 0.25) is 10.0 Å². The van der Waals surface area contributed by atoms with Gasteiger partial charge in [-0.15, -0.1) is 0 Å². The highest BCUT2D eigenvalue weighted by Gasteiger charge is 2.27. The third-order valence-corrected chi connectivity index (χ3v) is 5.84. The van der Waals surface area contributed by atoms with Crippen LogP contribution in [0.25, 0.3) is 0 Å². The zero-order valence-electron chi connectivity index (χ0n) is 15.0. The van der Waals surface area contributed by atoms with E-state index in [1.54, 1.807) is 20.8 Å². The molecule has 0 unspecified atom stereocenters. The first kappa shape index (κ1) is 19.8. The van der Waals surface area contributed by atoms with Gasteiger partial charge in [0.15, 0.2) is 0 Å². The van der Waals surface area contributed by atoms with E-state index in [1.807, 2.05) is 20.2 Å². The zero-order valence-corrected chi connectivity index (χ0v) is 15.8. The van der Waals surface area contributed by atoms with E-state index in [1.165, 1.54) is 5.69 Å². The van der Waals surface area contributed by atoms with Gasteiger partial charge in [0.05, 0.1) is 4.75 Å². The predicted molar refractivity (Wildman–Crippen MR) is 99.8 cm³/mol. The van der Waals surface area contributed by atoms with Crippen LogP contribution < -0.4 is 14.9 Å². The van der Waals surface area contributed by atoms with Crippen LogP contribution in [0.4, 0.5) is 11.4 Å². The highest BCUT2D eigenvalue weighted by Crippen LogP contribution is 2.17. The third-order valence-electron chi connectivity index (χ3n) is 3.64. The van der Waals surface area contributed by atoms with Gasteiger partial charge in [-0.1, -0.05) is 12.5 Å². The maximum absolute atomic E-state index is 11.9. The van der Waals surface area contributed by atoms with E-state index < -0.39 is 14.8 Å². The fourth-order valence-corrected chi connectivity index (χ4v) is 2.82. The van der Waals surface area contributed by atoms with Crippen LogP contribution in [0.15, 0.2) is 24.3 Å². The van der Waals surface area contributed by atoms with Gasteiger partial charge < -0.3 is 10.2 Å². The number of anilines is 2. The van der Waals surface area contributed by atoms with Gasteiger partial charge in [0.25, 0.3) is 0 Å². The minimum absolute atomic E-state index is 0.510. The second-order valence-corrected chi connectivity index (χ2v) is 9.46. The molecular formula is C17H31N3O2S. The van der Waals surface area contributed by atoms with Crippen molar-refractivity contribution in [1.82, 2.24) is 4.72 Å². The highest BCUT2D eigenvalue weighted by molar-refractivity contribution is 7.90. The van der Waals surface area contributed by atoms with Crippen molar-refractivity contribution in [3.05, 3.63) is 24.3 Å². The molecule has 1 aromatic carbocycles. The Bertz CT molecular complexity index is 578. The molecule has 0 radical (unpaired) electrons. The summed E-state index contributed by atoms with van der Waals surface area (Å²) in [6.45, 7) is 6.53. The Morgan fingerprint density at radius 2 is 1.70 bits per heavy atom. The molecule has 6 heteroatoms. The van der Waals surface area contributed by atoms with Crippen molar-refractivity contribution < 1.29 is 8.42 Å². The molecule has 0 fully saturated rings. The highest BCUT2D eigenvalue weighted by atomic mass is 32.2. The molecule has 1 aromatic rings. The molecule has 132 valence electrons. The van der Waals surface area contributed by atoms with E-state index in [2.05, 4.69) is 33.1 Å². The Morgan fingerprint density at radius 3 is 2.30 bits per heavy atom. The summed E-state index contributed by atoms with van der Waals surface area (Å²) in [6.07, 6.45) is 2.87. The van der Waals surface area contributed by atoms with Crippen molar-refractivity contribution in [1.29, 1.82) is 0 Å². The van der Waals surface area contributed by atoms with Gasteiger partial charge in [-0.2, -0.15) is 0 Å². The second-order valence-electron chi connectivity index (χ2n) is 6.94. The Hall–Kier alpha value is -1.27. The van der Waals surface area contributed by atoms with Gasteiger partial charge in [-0.05, 0) is 51.8 Å². The molecule has 23 heavy (non-hydrogen) atoms. The summed E-state index contributed by atoms with van der Waals surface area (Å²) in [6, 6.07) is 8.30. The van der Waals surface area contributed by atoms with Crippen LogP contribution in [0.5, 0.6) is 0 Å². The molecule has 0 saturated carbocycles. The van der Waals surface area contributed by atoms with E-state index in [0.717, 1.165) is 31.5 Å². The Labute approximate surface area is 141 Å². The lowest BCUT2D eigenvalue weighted by atomic mass is 10.2. The second kappa shape index (κ2) is 8.55. The van der Waals surface area contributed by atoms with Gasteiger partial charge >= 0.3 is 0 Å². The largest absolute Gasteiger partial charge is 0.385 e. The molecule has 0 aliphatic carbocycles. The van der Waals surface area contributed by atoms with Crippen LogP contribution in [-0.2, 0) is 10.0 Å². The average Bonchev–Trinajstić information content (AvgIpc) is 2.45. The number of hydrogen-bond acceptors (Lipinski definition) is 4. The molecule has 1 rings (SSSR count). The summed E-state index contributed by atoms with van der Waals surface area (Å²) >= 11 is 0. The lowest BCUT2D eigenvalue weighted by molar-refractivity contribution is 0.540. The minimum atomic E-state index is -3.22. The Morgan fingerprint density at radius 1 is 1.04 bits per heavy atom. The maximum atomic E-state index is 11.9. The quantitative estimate of drug-likeness (QED) is 0.678. The molecule has 0 amide bonds. The third kappa shape index (κ3) is 6.79. The van der Waals surface area contributed by atoms with E-state index in [-0.39, 0.29) is 0 Å². The van der Waals surface area contributed by atoms with Crippen LogP contribution in [-0.4, -0.2) is 40.3 Å². The van der Waals surface area contributed by atoms with Gasteiger partial charge in [-0.3, -0.25) is 0 Å². The van der Waals surface area contributed by atoms with Crippen LogP contribution in [0.1, 0.15) is 40.0 Å². The normalized spacial score (nSPS) is 12.2. The Kier molecular flexibility index (Phi) is 7.35. The molecule has 5 nitrogen and oxygen atoms in total. The molecule has 0 aromatic heterocycles. The number of sulfonamides is 1. The van der Waals surface area contributed by atoms with Crippen LogP contribution in [0.3, 0.4) is 0 Å². The standard InChI is InChI=1S/C17H31N3O2S/c1-17(2,3)23(21,22)19-13-8-6-7-12-18-15-10-9-11-16(14-15)20(4)5/h9-11,14,18-19H,6-8,12-13H2,1-5H3. The van der Waals surface area contributed by atoms with Crippen molar-refractivity contribution in [3.63, 3.8) is 0 Å². The number of hydrogen-bond donors (Lipinski definition) is 2. The van der Waals surface area contributed by atoms with Gasteiger partial charge in [0, 0.05) is 38.6 Å². The van der Waals surface area contributed by atoms with E-state index in [4.69, 9.17) is 0 Å². The fourth-order valence-electron chi connectivity index (χ4n) is 1.98. The molecule has 0 bridgehead atoms. The lowest BCUT2D eigenvalue weighted by Gasteiger charge is -2.19. The van der Waals surface area contributed by atoms with Crippen LogP contribution in [0, 0.1) is 0 Å². The average molecular weight is 342 g/mol. The predicted octanol–water partition coefficient (Wildman–Crippen LogP) is 3.05. The number of rotatable bonds is 9. The summed E-state index contributed by atoms with van der Waals surface area (Å²) in [4.78, 5) is 2.08. The van der Waals surface area contributed by atoms with Crippen molar-refractivity contribution in [3.8, 4) is 0 Å². The van der Waals surface area contributed by atoms with Crippen LogP contribution in [0.2, 0.25) is 0 Å². The van der Waals surface area contributed by atoms with Crippen molar-refractivity contribution in [2.45, 2.75) is 44.8 Å². The molecule has 0 aliphatic rings. The summed E-state index contributed by atoms with van der Waals surface area (Å²) in [7, 11) is 0.834. The van der Waals surface area contributed by atoms with Gasteiger partial charge in [-0.25, -0.2) is 13.1 Å². The SMILES string of the molecule is CN(C)c1cccc(NCCCCCNS(=O)(=O)C(C)(C)C)c1. The molecule has 0 spiro atoms. The first-order valence-electron chi connectivity index (χ1n) is 8.14. The topological polar surface area (TPSA) is 61.4 Å². The molecule has 0 saturated heterocycles. The summed E-state index contributed by atoms with van der Waals surface area (Å²) in [5.41, 5.74) is 2.29. The zero-order chi connectivity index (χ0) is 17.5. The maximum Gasteiger partial charge on any atom is 0.216 e. The molecular weight excluding hydrogens is 310 g/mol. The first-order chi connectivity index (χ1) is 10.6. The van der Waals surface area contributed by atoms with E-state index in [0.29, 0.717) is 6.54 Å². The number of unbranched alkanes of at least 4 members (excludes halogenated alkanes) is 2. The van der Waals surface area contributed by atoms with Gasteiger partial charge in [0.1, 0.15) is 0 Å². The molecule has 2 N–H and O–H groups in total. The summed E-state index contributed by atoms with van der Waals surface area (Å²) < 4.78 is 25.7. The number of nitrogens with zero attached hydrogens (tertiary/aromatic N) is 1. The molecule has 0 aliphatic heterocycles. The minimum Gasteiger partial charge on any atom is -0.385 e. The fraction of sp³-hybridized carbons (Fsp3) is 0.647. The molecule has 0 heterocycles. The first-order valence-corrected chi connectivity index (χ1v) is 9.62. The summed E-state index contributed by atoms with van der Waals surface area (Å²) in [5, 5.41) is 3.41. The summed E-state index contributed by atoms with van der Waals surface area (Å²) in [5.74, 6) is 0. The molecule has 0 atom stereocenters. The lowest BCUT2D eigenvalue weighted by Crippen LogP contribution is -2.39.